The maximum Gasteiger partial charge on any atom is 0.319 e. The minimum Gasteiger partial charge on any atom is -0.312 e. The summed E-state index contributed by atoms with van der Waals surface area (Å²) >= 11 is 0. The zero-order chi connectivity index (χ0) is 10.3. The van der Waals surface area contributed by atoms with Gasteiger partial charge in [0.2, 0.25) is 0 Å². The summed E-state index contributed by atoms with van der Waals surface area (Å²) in [6.45, 7) is 2.32. The molecule has 0 aliphatic carbocycles. The smallest absolute Gasteiger partial charge is 0.312 e. The van der Waals surface area contributed by atoms with Gasteiger partial charge in [0, 0.05) is 24.8 Å². The van der Waals surface area contributed by atoms with E-state index in [0.717, 1.165) is 0 Å². The van der Waals surface area contributed by atoms with Gasteiger partial charge >= 0.3 is 9.15 Å². The van der Waals surface area contributed by atoms with Crippen molar-refractivity contribution in [1.82, 2.24) is 5.32 Å². The summed E-state index contributed by atoms with van der Waals surface area (Å²) in [7, 11) is -3.46. The molecule has 2 N–H and O–H groups in total. The average Bonchev–Trinajstić information content (AvgIpc) is 2.00. The van der Waals surface area contributed by atoms with E-state index >= 15 is 0 Å². The van der Waals surface area contributed by atoms with Crippen LogP contribution in [0.1, 0.15) is 13.3 Å². The van der Waals surface area contributed by atoms with Crippen molar-refractivity contribution >= 4 is 19.9 Å². The van der Waals surface area contributed by atoms with Gasteiger partial charge in [0.1, 0.15) is 0 Å². The fourth-order valence-corrected chi connectivity index (χ4v) is 2.24. The lowest BCUT2D eigenvalue weighted by Crippen LogP contribution is -2.29. The van der Waals surface area contributed by atoms with Gasteiger partial charge in [-0.15, -0.1) is 0 Å². The molecule has 0 aromatic heterocycles. The molecule has 0 bridgehead atoms. The Kier molecular flexibility index (Phi) is 6.07. The topological polar surface area (TPSA) is 90.2 Å². The van der Waals surface area contributed by atoms with Crippen molar-refractivity contribution in [1.29, 1.82) is 5.26 Å². The molecule has 0 rings (SSSR count). The van der Waals surface area contributed by atoms with Gasteiger partial charge in [-0.05, 0) is 17.7 Å². The Balaban J connectivity index is 3.53. The lowest BCUT2D eigenvalue weighted by atomic mass is 10.3. The van der Waals surface area contributed by atoms with Crippen molar-refractivity contribution in [2.24, 2.45) is 0 Å². The highest BCUT2D eigenvalue weighted by Gasteiger charge is 2.08. The monoisotopic (exact) mass is 224 g/mol. The molecule has 0 spiro atoms. The van der Waals surface area contributed by atoms with Gasteiger partial charge < -0.3 is 5.32 Å². The quantitative estimate of drug-likeness (QED) is 0.386. The molecular formula is C6H12N2O3S2. The standard InChI is InChI=1S/C6H12N2O3S2/c1-6(8-4-2-3-7)5-12-13(9,10)11/h6,8H,2,4-5H2,1H3,(H,9,10,11). The second-order valence-corrected chi connectivity index (χ2v) is 5.87. The average molecular weight is 224 g/mol. The molecular weight excluding hydrogens is 212 g/mol. The molecule has 0 heterocycles. The zero-order valence-corrected chi connectivity index (χ0v) is 8.86. The highest BCUT2D eigenvalue weighted by atomic mass is 33.1. The maximum atomic E-state index is 10.3. The van der Waals surface area contributed by atoms with Crippen LogP contribution in [0.2, 0.25) is 0 Å². The Labute approximate surface area is 81.7 Å². The number of nitrogens with zero attached hydrogens (tertiary/aromatic N) is 1. The van der Waals surface area contributed by atoms with E-state index in [1.165, 1.54) is 0 Å². The van der Waals surface area contributed by atoms with Crippen molar-refractivity contribution in [3.8, 4) is 6.07 Å². The van der Waals surface area contributed by atoms with Crippen molar-refractivity contribution < 1.29 is 13.0 Å². The highest BCUT2D eigenvalue weighted by molar-refractivity contribution is 8.69. The molecule has 1 atom stereocenters. The van der Waals surface area contributed by atoms with Crippen LogP contribution in [0.5, 0.6) is 0 Å². The van der Waals surface area contributed by atoms with E-state index in [1.807, 2.05) is 6.07 Å². The van der Waals surface area contributed by atoms with Crippen molar-refractivity contribution in [2.45, 2.75) is 19.4 Å². The molecule has 0 saturated carbocycles. The molecule has 0 aromatic rings. The predicted octanol–water partition coefficient (Wildman–Crippen LogP) is 0.414. The molecule has 1 unspecified atom stereocenters. The first-order valence-electron chi connectivity index (χ1n) is 3.68. The van der Waals surface area contributed by atoms with E-state index in [1.54, 1.807) is 6.92 Å². The minimum absolute atomic E-state index is 0.0414. The van der Waals surface area contributed by atoms with Gasteiger partial charge in [-0.1, -0.05) is 0 Å². The number of rotatable bonds is 6. The molecule has 0 saturated heterocycles. The number of nitriles is 1. The number of hydrogen-bond donors (Lipinski definition) is 2. The summed E-state index contributed by atoms with van der Waals surface area (Å²) < 4.78 is 29.0. The van der Waals surface area contributed by atoms with Crippen LogP contribution < -0.4 is 5.32 Å². The lowest BCUT2D eigenvalue weighted by molar-refractivity contribution is 0.502. The molecule has 0 fully saturated rings. The van der Waals surface area contributed by atoms with Gasteiger partial charge in [0.05, 0.1) is 6.07 Å². The summed E-state index contributed by atoms with van der Waals surface area (Å²) in [5.41, 5.74) is 0. The molecule has 5 nitrogen and oxygen atoms in total. The molecule has 0 amide bonds. The normalized spacial score (nSPS) is 13.6. The van der Waals surface area contributed by atoms with E-state index in [0.29, 0.717) is 23.8 Å². The second kappa shape index (κ2) is 6.21. The maximum absolute atomic E-state index is 10.3. The van der Waals surface area contributed by atoms with E-state index in [-0.39, 0.29) is 11.8 Å². The molecule has 0 aromatic carbocycles. The van der Waals surface area contributed by atoms with Crippen LogP contribution in [-0.2, 0) is 9.15 Å². The first-order chi connectivity index (χ1) is 5.95. The summed E-state index contributed by atoms with van der Waals surface area (Å²) in [6.07, 6.45) is 0.390. The number of hydrogen-bond acceptors (Lipinski definition) is 5. The summed E-state index contributed by atoms with van der Waals surface area (Å²) in [5, 5.41) is 11.1. The Morgan fingerprint density at radius 3 is 2.77 bits per heavy atom. The van der Waals surface area contributed by atoms with Crippen LogP contribution in [0, 0.1) is 11.3 Å². The predicted molar refractivity (Wildman–Crippen MR) is 51.7 cm³/mol. The molecule has 0 radical (unpaired) electrons. The number of nitrogens with one attached hydrogen (secondary N) is 1. The van der Waals surface area contributed by atoms with Crippen LogP contribution in [-0.4, -0.2) is 31.3 Å². The van der Waals surface area contributed by atoms with E-state index in [4.69, 9.17) is 9.81 Å². The van der Waals surface area contributed by atoms with E-state index in [9.17, 15) is 8.42 Å². The van der Waals surface area contributed by atoms with Gasteiger partial charge in [0.15, 0.2) is 0 Å². The Hall–Kier alpha value is -0.290. The molecule has 7 heteroatoms. The Morgan fingerprint density at radius 2 is 2.31 bits per heavy atom. The summed E-state index contributed by atoms with van der Waals surface area (Å²) in [6, 6.07) is 1.92. The van der Waals surface area contributed by atoms with Crippen LogP contribution in [0.15, 0.2) is 0 Å². The summed E-state index contributed by atoms with van der Waals surface area (Å²) in [5.74, 6) is 0.268. The molecule has 13 heavy (non-hydrogen) atoms. The SMILES string of the molecule is CC(CSS(=O)(=O)O)NCCC#N. The fraction of sp³-hybridized carbons (Fsp3) is 0.833. The van der Waals surface area contributed by atoms with Crippen molar-refractivity contribution in [3.05, 3.63) is 0 Å². The third kappa shape index (κ3) is 9.63. The van der Waals surface area contributed by atoms with Gasteiger partial charge in [0.25, 0.3) is 0 Å². The highest BCUT2D eigenvalue weighted by Crippen LogP contribution is 2.10. The first-order valence-corrected chi connectivity index (χ1v) is 6.62. The largest absolute Gasteiger partial charge is 0.319 e. The van der Waals surface area contributed by atoms with Crippen molar-refractivity contribution in [3.63, 3.8) is 0 Å². The molecule has 0 aliphatic heterocycles. The minimum atomic E-state index is -3.94. The third-order valence-electron chi connectivity index (χ3n) is 1.20. The molecule has 76 valence electrons. The lowest BCUT2D eigenvalue weighted by Gasteiger charge is -2.09. The second-order valence-electron chi connectivity index (χ2n) is 2.48. The van der Waals surface area contributed by atoms with Crippen LogP contribution in [0.3, 0.4) is 0 Å². The van der Waals surface area contributed by atoms with Crippen LogP contribution in [0.4, 0.5) is 0 Å². The van der Waals surface area contributed by atoms with Crippen LogP contribution >= 0.6 is 10.8 Å². The first kappa shape index (κ1) is 12.7. The van der Waals surface area contributed by atoms with E-state index < -0.39 is 9.15 Å². The fourth-order valence-electron chi connectivity index (χ4n) is 0.621. The van der Waals surface area contributed by atoms with Crippen molar-refractivity contribution in [2.75, 3.05) is 12.3 Å². The van der Waals surface area contributed by atoms with Gasteiger partial charge in [-0.2, -0.15) is 13.7 Å². The third-order valence-corrected chi connectivity index (χ3v) is 3.43. The summed E-state index contributed by atoms with van der Waals surface area (Å²) in [4.78, 5) is 0. The van der Waals surface area contributed by atoms with Crippen LogP contribution in [0.25, 0.3) is 0 Å². The van der Waals surface area contributed by atoms with Gasteiger partial charge in [-0.3, -0.25) is 4.55 Å². The Morgan fingerprint density at radius 1 is 1.69 bits per heavy atom. The zero-order valence-electron chi connectivity index (χ0n) is 7.23. The Bertz CT molecular complexity index is 270. The molecule has 0 aliphatic rings. The van der Waals surface area contributed by atoms with E-state index in [2.05, 4.69) is 5.32 Å². The van der Waals surface area contributed by atoms with Gasteiger partial charge in [-0.25, -0.2) is 0 Å².